The molecule has 6 nitrogen and oxygen atoms in total. The van der Waals surface area contributed by atoms with Gasteiger partial charge in [0.05, 0.1) is 7.11 Å². The predicted octanol–water partition coefficient (Wildman–Crippen LogP) is 3.50. The predicted molar refractivity (Wildman–Crippen MR) is 94.7 cm³/mol. The Bertz CT molecular complexity index is 903. The van der Waals surface area contributed by atoms with E-state index in [0.29, 0.717) is 5.95 Å². The Morgan fingerprint density at radius 3 is 2.75 bits per heavy atom. The number of tetrazole rings is 1. The van der Waals surface area contributed by atoms with Crippen LogP contribution in [0.2, 0.25) is 0 Å². The van der Waals surface area contributed by atoms with Crippen molar-refractivity contribution < 1.29 is 4.74 Å². The number of anilines is 1. The van der Waals surface area contributed by atoms with E-state index in [4.69, 9.17) is 4.74 Å². The molecule has 1 N–H and O–H groups in total. The minimum Gasteiger partial charge on any atom is -0.497 e. The van der Waals surface area contributed by atoms with Crippen molar-refractivity contribution in [3.63, 3.8) is 0 Å². The van der Waals surface area contributed by atoms with Crippen molar-refractivity contribution in [2.75, 3.05) is 12.4 Å². The number of fused-ring (bicyclic) bond motifs is 1. The summed E-state index contributed by atoms with van der Waals surface area (Å²) in [6, 6.07) is 16.0. The van der Waals surface area contributed by atoms with E-state index in [1.807, 2.05) is 36.4 Å². The molecule has 0 saturated heterocycles. The van der Waals surface area contributed by atoms with Crippen LogP contribution < -0.4 is 10.1 Å². The van der Waals surface area contributed by atoms with Gasteiger partial charge in [0.1, 0.15) is 11.8 Å². The molecule has 1 aromatic heterocycles. The van der Waals surface area contributed by atoms with E-state index in [0.717, 1.165) is 27.0 Å². The standard InChI is InChI=1S/C17H14BrN5O/c1-24-14-7-5-11(6-8-14)15-10-16(12-3-2-4-13(18)9-12)23-17(19-15)20-21-22-23/h2-10,16H,1H3,(H,19,20,22). The molecular formula is C17H14BrN5O. The maximum atomic E-state index is 5.22. The highest BCUT2D eigenvalue weighted by molar-refractivity contribution is 9.10. The topological polar surface area (TPSA) is 64.9 Å². The SMILES string of the molecule is COc1ccc(C2=CC(c3cccc(Br)c3)n3nnnc3N2)cc1. The van der Waals surface area contributed by atoms with Crippen molar-refractivity contribution in [2.24, 2.45) is 0 Å². The lowest BCUT2D eigenvalue weighted by atomic mass is 10.0. The molecule has 24 heavy (non-hydrogen) atoms. The average molecular weight is 384 g/mol. The van der Waals surface area contributed by atoms with Gasteiger partial charge in [-0.3, -0.25) is 0 Å². The Labute approximate surface area is 147 Å². The first kappa shape index (κ1) is 14.9. The van der Waals surface area contributed by atoms with Crippen molar-refractivity contribution in [3.05, 3.63) is 70.2 Å². The average Bonchev–Trinajstić information content (AvgIpc) is 3.09. The molecule has 1 unspecified atom stereocenters. The molecule has 0 radical (unpaired) electrons. The number of hydrogen-bond acceptors (Lipinski definition) is 5. The van der Waals surface area contributed by atoms with Crippen LogP contribution in [0.4, 0.5) is 5.95 Å². The number of allylic oxidation sites excluding steroid dienone is 1. The van der Waals surface area contributed by atoms with Crippen molar-refractivity contribution in [1.82, 2.24) is 20.2 Å². The second kappa shape index (κ2) is 6.09. The summed E-state index contributed by atoms with van der Waals surface area (Å²) in [6.45, 7) is 0. The number of benzene rings is 2. The molecule has 120 valence electrons. The van der Waals surface area contributed by atoms with Crippen LogP contribution in [-0.4, -0.2) is 27.3 Å². The number of aromatic nitrogens is 4. The van der Waals surface area contributed by atoms with Crippen LogP contribution in [-0.2, 0) is 0 Å². The summed E-state index contributed by atoms with van der Waals surface area (Å²) < 4.78 is 8.02. The van der Waals surface area contributed by atoms with Crippen LogP contribution in [0.1, 0.15) is 17.2 Å². The fourth-order valence-electron chi connectivity index (χ4n) is 2.72. The maximum absolute atomic E-state index is 5.22. The maximum Gasteiger partial charge on any atom is 0.248 e. The Morgan fingerprint density at radius 1 is 1.17 bits per heavy atom. The normalized spacial score (nSPS) is 16.1. The molecule has 0 bridgehead atoms. The first-order valence-electron chi connectivity index (χ1n) is 7.41. The van der Waals surface area contributed by atoms with Crippen LogP contribution in [0.3, 0.4) is 0 Å². The molecule has 1 atom stereocenters. The monoisotopic (exact) mass is 383 g/mol. The third-order valence-corrected chi connectivity index (χ3v) is 4.41. The molecule has 3 aromatic rings. The summed E-state index contributed by atoms with van der Waals surface area (Å²) in [7, 11) is 1.66. The summed E-state index contributed by atoms with van der Waals surface area (Å²) in [5.41, 5.74) is 3.11. The zero-order valence-electron chi connectivity index (χ0n) is 12.8. The molecule has 1 aliphatic rings. The lowest BCUT2D eigenvalue weighted by Crippen LogP contribution is -2.20. The Kier molecular flexibility index (Phi) is 3.78. The van der Waals surface area contributed by atoms with Gasteiger partial charge in [0.25, 0.3) is 0 Å². The molecular weight excluding hydrogens is 370 g/mol. The molecule has 0 fully saturated rings. The van der Waals surface area contributed by atoms with Gasteiger partial charge in [-0.25, -0.2) is 0 Å². The Morgan fingerprint density at radius 2 is 2.00 bits per heavy atom. The van der Waals surface area contributed by atoms with E-state index in [9.17, 15) is 0 Å². The molecule has 0 amide bonds. The quantitative estimate of drug-likeness (QED) is 0.749. The van der Waals surface area contributed by atoms with E-state index in [2.05, 4.69) is 55.0 Å². The second-order valence-electron chi connectivity index (χ2n) is 5.38. The second-order valence-corrected chi connectivity index (χ2v) is 6.30. The minimum absolute atomic E-state index is 0.0779. The van der Waals surface area contributed by atoms with E-state index in [-0.39, 0.29) is 6.04 Å². The third-order valence-electron chi connectivity index (χ3n) is 3.92. The summed E-state index contributed by atoms with van der Waals surface area (Å²) in [5, 5.41) is 15.3. The fraction of sp³-hybridized carbons (Fsp3) is 0.118. The first-order valence-corrected chi connectivity index (χ1v) is 8.20. The molecule has 4 rings (SSSR count). The summed E-state index contributed by atoms with van der Waals surface area (Å²) in [4.78, 5) is 0. The number of methoxy groups -OCH3 is 1. The summed E-state index contributed by atoms with van der Waals surface area (Å²) in [6.07, 6.45) is 2.12. The van der Waals surface area contributed by atoms with Gasteiger partial charge in [0, 0.05) is 10.2 Å². The van der Waals surface area contributed by atoms with Gasteiger partial charge in [0.2, 0.25) is 5.95 Å². The number of halogens is 1. The summed E-state index contributed by atoms with van der Waals surface area (Å²) in [5.74, 6) is 1.44. The van der Waals surface area contributed by atoms with Crippen LogP contribution in [0.25, 0.3) is 5.70 Å². The largest absolute Gasteiger partial charge is 0.497 e. The third kappa shape index (κ3) is 2.67. The fourth-order valence-corrected chi connectivity index (χ4v) is 3.14. The van der Waals surface area contributed by atoms with Gasteiger partial charge in [-0.15, -0.1) is 0 Å². The van der Waals surface area contributed by atoms with Crippen LogP contribution in [0.5, 0.6) is 5.75 Å². The van der Waals surface area contributed by atoms with E-state index in [1.165, 1.54) is 0 Å². The zero-order valence-corrected chi connectivity index (χ0v) is 14.4. The van der Waals surface area contributed by atoms with Crippen LogP contribution in [0.15, 0.2) is 59.1 Å². The van der Waals surface area contributed by atoms with Crippen molar-refractivity contribution >= 4 is 27.6 Å². The van der Waals surface area contributed by atoms with Crippen LogP contribution in [0, 0.1) is 0 Å². The highest BCUT2D eigenvalue weighted by Gasteiger charge is 2.24. The number of nitrogens with one attached hydrogen (secondary N) is 1. The first-order chi connectivity index (χ1) is 11.7. The lowest BCUT2D eigenvalue weighted by Gasteiger charge is -2.23. The molecule has 2 aromatic carbocycles. The van der Waals surface area contributed by atoms with Crippen molar-refractivity contribution in [1.29, 1.82) is 0 Å². The zero-order chi connectivity index (χ0) is 16.5. The van der Waals surface area contributed by atoms with Gasteiger partial charge < -0.3 is 10.1 Å². The number of rotatable bonds is 3. The molecule has 0 aliphatic carbocycles. The highest BCUT2D eigenvalue weighted by atomic mass is 79.9. The summed E-state index contributed by atoms with van der Waals surface area (Å²) >= 11 is 3.52. The number of ether oxygens (including phenoxy) is 1. The Balaban J connectivity index is 1.78. The molecule has 0 spiro atoms. The molecule has 0 saturated carbocycles. The lowest BCUT2D eigenvalue weighted by molar-refractivity contribution is 0.415. The number of nitrogens with zero attached hydrogens (tertiary/aromatic N) is 4. The van der Waals surface area contributed by atoms with Gasteiger partial charge in [-0.05, 0) is 64.0 Å². The molecule has 2 heterocycles. The van der Waals surface area contributed by atoms with Gasteiger partial charge >= 0.3 is 0 Å². The van der Waals surface area contributed by atoms with Crippen molar-refractivity contribution in [2.45, 2.75) is 6.04 Å². The van der Waals surface area contributed by atoms with E-state index in [1.54, 1.807) is 11.8 Å². The molecule has 1 aliphatic heterocycles. The highest BCUT2D eigenvalue weighted by Crippen LogP contribution is 2.32. The molecule has 7 heteroatoms. The Hall–Kier alpha value is -2.67. The van der Waals surface area contributed by atoms with E-state index >= 15 is 0 Å². The van der Waals surface area contributed by atoms with Gasteiger partial charge in [-0.1, -0.05) is 33.2 Å². The number of hydrogen-bond donors (Lipinski definition) is 1. The smallest absolute Gasteiger partial charge is 0.248 e. The minimum atomic E-state index is -0.0779. The van der Waals surface area contributed by atoms with E-state index < -0.39 is 0 Å². The van der Waals surface area contributed by atoms with Gasteiger partial charge in [-0.2, -0.15) is 4.68 Å². The van der Waals surface area contributed by atoms with Crippen molar-refractivity contribution in [3.8, 4) is 5.75 Å². The van der Waals surface area contributed by atoms with Crippen LogP contribution >= 0.6 is 15.9 Å². The van der Waals surface area contributed by atoms with Gasteiger partial charge in [0.15, 0.2) is 0 Å².